The Kier molecular flexibility index (Phi) is 5.40. The Morgan fingerprint density at radius 2 is 1.74 bits per heavy atom. The molecule has 0 fully saturated rings. The lowest BCUT2D eigenvalue weighted by atomic mass is 10.1. The average molecular weight is 450 g/mol. The van der Waals surface area contributed by atoms with Crippen LogP contribution in [0.2, 0.25) is 5.02 Å². The third-order valence-corrected chi connectivity index (χ3v) is 6.08. The van der Waals surface area contributed by atoms with Gasteiger partial charge in [-0.3, -0.25) is 4.72 Å². The smallest absolute Gasteiger partial charge is 0.206 e. The summed E-state index contributed by atoms with van der Waals surface area (Å²) >= 11 is 7.54. The van der Waals surface area contributed by atoms with Gasteiger partial charge in [-0.25, -0.2) is 9.38 Å². The highest BCUT2D eigenvalue weighted by atomic mass is 35.5. The zero-order valence-electron chi connectivity index (χ0n) is 16.2. The van der Waals surface area contributed by atoms with Crippen molar-refractivity contribution < 1.29 is 9.13 Å². The fraction of sp³-hybridized carbons (Fsp3) is 0.0417. The molecule has 1 aliphatic heterocycles. The SMILES string of the molecule is Fc1ccc2c(c1Oc1ccccc1Cl)NC(=NCc1cccc3ccccc13)NS2. The van der Waals surface area contributed by atoms with E-state index >= 15 is 0 Å². The van der Waals surface area contributed by atoms with E-state index in [0.29, 0.717) is 29.0 Å². The number of anilines is 1. The molecule has 2 N–H and O–H groups in total. The lowest BCUT2D eigenvalue weighted by Crippen LogP contribution is -2.29. The highest BCUT2D eigenvalue weighted by Crippen LogP contribution is 2.42. The number of nitrogens with one attached hydrogen (secondary N) is 2. The summed E-state index contributed by atoms with van der Waals surface area (Å²) in [7, 11) is 0. The Morgan fingerprint density at radius 3 is 2.65 bits per heavy atom. The third-order valence-electron chi connectivity index (χ3n) is 4.91. The van der Waals surface area contributed by atoms with Crippen LogP contribution in [0, 0.1) is 5.82 Å². The van der Waals surface area contributed by atoms with Crippen LogP contribution in [-0.2, 0) is 6.54 Å². The minimum Gasteiger partial charge on any atom is -0.450 e. The molecule has 0 spiro atoms. The Balaban J connectivity index is 1.44. The van der Waals surface area contributed by atoms with Crippen LogP contribution in [0.5, 0.6) is 11.5 Å². The number of ether oxygens (including phenoxy) is 1. The maximum absolute atomic E-state index is 14.7. The monoisotopic (exact) mass is 449 g/mol. The quantitative estimate of drug-likeness (QED) is 0.329. The van der Waals surface area contributed by atoms with Crippen LogP contribution < -0.4 is 14.8 Å². The average Bonchev–Trinajstić information content (AvgIpc) is 2.80. The molecule has 0 aromatic heterocycles. The van der Waals surface area contributed by atoms with Gasteiger partial charge in [0.25, 0.3) is 0 Å². The summed E-state index contributed by atoms with van der Waals surface area (Å²) in [6, 6.07) is 24.4. The van der Waals surface area contributed by atoms with Crippen LogP contribution in [0.15, 0.2) is 88.8 Å². The van der Waals surface area contributed by atoms with Crippen LogP contribution in [0.25, 0.3) is 10.8 Å². The molecule has 1 heterocycles. The first kappa shape index (κ1) is 19.7. The Hall–Kier alpha value is -3.22. The molecule has 154 valence electrons. The van der Waals surface area contributed by atoms with Gasteiger partial charge in [-0.15, -0.1) is 0 Å². The largest absolute Gasteiger partial charge is 0.450 e. The van der Waals surface area contributed by atoms with Gasteiger partial charge in [0.05, 0.1) is 16.5 Å². The summed E-state index contributed by atoms with van der Waals surface area (Å²) in [6.45, 7) is 0.475. The summed E-state index contributed by atoms with van der Waals surface area (Å²) in [6.07, 6.45) is 0. The molecule has 4 aromatic rings. The van der Waals surface area contributed by atoms with E-state index in [1.54, 1.807) is 30.3 Å². The van der Waals surface area contributed by atoms with Crippen molar-refractivity contribution in [3.63, 3.8) is 0 Å². The van der Waals surface area contributed by atoms with Crippen LogP contribution >= 0.6 is 23.5 Å². The van der Waals surface area contributed by atoms with Crippen molar-refractivity contribution in [2.75, 3.05) is 5.32 Å². The minimum atomic E-state index is -0.484. The Bertz CT molecular complexity index is 1310. The fourth-order valence-electron chi connectivity index (χ4n) is 3.39. The number of guanidine groups is 1. The standard InChI is InChI=1S/C24H17ClFN3OS/c25-18-10-3-4-11-20(18)30-23-19(26)12-13-21-22(23)28-24(29-31-21)27-14-16-8-5-7-15-6-1-2-9-17(15)16/h1-13H,14H2,(H2,27,28,29). The summed E-state index contributed by atoms with van der Waals surface area (Å²) in [5.74, 6) is 0.510. The molecule has 4 nitrogen and oxygen atoms in total. The van der Waals surface area contributed by atoms with Crippen molar-refractivity contribution in [1.82, 2.24) is 4.72 Å². The molecule has 0 aliphatic carbocycles. The van der Waals surface area contributed by atoms with Crippen LogP contribution in [-0.4, -0.2) is 5.96 Å². The van der Waals surface area contributed by atoms with Gasteiger partial charge in [0, 0.05) is 0 Å². The van der Waals surface area contributed by atoms with Gasteiger partial charge >= 0.3 is 0 Å². The number of rotatable bonds is 4. The molecule has 4 aromatic carbocycles. The van der Waals surface area contributed by atoms with E-state index in [1.165, 1.54) is 23.4 Å². The molecule has 0 unspecified atom stereocenters. The number of aliphatic imine (C=N–C) groups is 1. The van der Waals surface area contributed by atoms with Crippen molar-refractivity contribution in [3.8, 4) is 11.5 Å². The number of nitrogens with zero attached hydrogens (tertiary/aromatic N) is 1. The van der Waals surface area contributed by atoms with Gasteiger partial charge in [-0.05, 0) is 52.5 Å². The van der Waals surface area contributed by atoms with Gasteiger partial charge < -0.3 is 10.1 Å². The molecular formula is C24H17ClFN3OS. The predicted octanol–water partition coefficient (Wildman–Crippen LogP) is 7.00. The highest BCUT2D eigenvalue weighted by Gasteiger charge is 2.22. The van der Waals surface area contributed by atoms with E-state index in [1.807, 2.05) is 18.2 Å². The number of benzene rings is 4. The van der Waals surface area contributed by atoms with E-state index in [0.717, 1.165) is 15.8 Å². The molecule has 0 radical (unpaired) electrons. The van der Waals surface area contributed by atoms with Crippen molar-refractivity contribution in [3.05, 3.63) is 95.3 Å². The summed E-state index contributed by atoms with van der Waals surface area (Å²) in [4.78, 5) is 5.47. The zero-order chi connectivity index (χ0) is 21.2. The molecule has 0 bridgehead atoms. The molecule has 5 rings (SSSR count). The number of para-hydroxylation sites is 1. The van der Waals surface area contributed by atoms with E-state index in [4.69, 9.17) is 16.3 Å². The molecule has 1 aliphatic rings. The molecule has 7 heteroatoms. The maximum Gasteiger partial charge on any atom is 0.206 e. The fourth-order valence-corrected chi connectivity index (χ4v) is 4.27. The van der Waals surface area contributed by atoms with Gasteiger partial charge in [-0.2, -0.15) is 0 Å². The lowest BCUT2D eigenvalue weighted by Gasteiger charge is -2.23. The first-order valence-corrected chi connectivity index (χ1v) is 10.8. The second-order valence-electron chi connectivity index (χ2n) is 6.91. The van der Waals surface area contributed by atoms with Crippen molar-refractivity contribution in [1.29, 1.82) is 0 Å². The number of halogens is 2. The molecule has 0 atom stereocenters. The number of hydrogen-bond donors (Lipinski definition) is 2. The van der Waals surface area contributed by atoms with Gasteiger partial charge in [0.2, 0.25) is 5.96 Å². The third kappa shape index (κ3) is 4.04. The van der Waals surface area contributed by atoms with Crippen LogP contribution in [0.4, 0.5) is 10.1 Å². The topological polar surface area (TPSA) is 45.6 Å². The minimum absolute atomic E-state index is 0.0810. The Morgan fingerprint density at radius 1 is 0.935 bits per heavy atom. The van der Waals surface area contributed by atoms with Gasteiger partial charge in [-0.1, -0.05) is 66.2 Å². The molecule has 31 heavy (non-hydrogen) atoms. The maximum atomic E-state index is 14.7. The van der Waals surface area contributed by atoms with Crippen molar-refractivity contribution >= 4 is 46.0 Å². The summed E-state index contributed by atoms with van der Waals surface area (Å²) < 4.78 is 23.7. The van der Waals surface area contributed by atoms with Crippen LogP contribution in [0.3, 0.4) is 0 Å². The van der Waals surface area contributed by atoms with Crippen molar-refractivity contribution in [2.45, 2.75) is 11.4 Å². The first-order valence-electron chi connectivity index (χ1n) is 9.65. The first-order chi connectivity index (χ1) is 15.2. The molecule has 0 saturated carbocycles. The lowest BCUT2D eigenvalue weighted by molar-refractivity contribution is 0.443. The Labute approximate surface area is 188 Å². The number of hydrogen-bond acceptors (Lipinski definition) is 3. The molecule has 0 amide bonds. The summed E-state index contributed by atoms with van der Waals surface area (Å²) in [5, 5.41) is 5.91. The van der Waals surface area contributed by atoms with Gasteiger partial charge in [0.1, 0.15) is 11.4 Å². The van der Waals surface area contributed by atoms with Gasteiger partial charge in [0.15, 0.2) is 11.6 Å². The second kappa shape index (κ2) is 8.49. The zero-order valence-corrected chi connectivity index (χ0v) is 17.8. The number of fused-ring (bicyclic) bond motifs is 2. The van der Waals surface area contributed by atoms with E-state index in [9.17, 15) is 4.39 Å². The molecular weight excluding hydrogens is 433 g/mol. The molecule has 0 saturated heterocycles. The van der Waals surface area contributed by atoms with E-state index < -0.39 is 5.82 Å². The second-order valence-corrected chi connectivity index (χ2v) is 8.17. The van der Waals surface area contributed by atoms with Crippen molar-refractivity contribution in [2.24, 2.45) is 4.99 Å². The van der Waals surface area contributed by atoms with E-state index in [-0.39, 0.29) is 5.75 Å². The van der Waals surface area contributed by atoms with E-state index in [2.05, 4.69) is 39.3 Å². The van der Waals surface area contributed by atoms with Crippen LogP contribution in [0.1, 0.15) is 5.56 Å². The normalized spacial score (nSPS) is 14.1. The highest BCUT2D eigenvalue weighted by molar-refractivity contribution is 7.98. The summed E-state index contributed by atoms with van der Waals surface area (Å²) in [5.41, 5.74) is 1.62. The predicted molar refractivity (Wildman–Crippen MR) is 126 cm³/mol.